The molecule has 2 saturated heterocycles. The van der Waals surface area contributed by atoms with Gasteiger partial charge in [0, 0.05) is 31.7 Å². The molecule has 0 saturated carbocycles. The van der Waals surface area contributed by atoms with Crippen molar-refractivity contribution < 1.29 is 9.53 Å². The van der Waals surface area contributed by atoms with E-state index in [1.807, 2.05) is 0 Å². The molecule has 0 spiro atoms. The van der Waals surface area contributed by atoms with Crippen molar-refractivity contribution in [2.45, 2.75) is 64.5 Å². The predicted octanol–water partition coefficient (Wildman–Crippen LogP) is 2.59. The van der Waals surface area contributed by atoms with Crippen molar-refractivity contribution in [2.24, 2.45) is 5.92 Å². The average Bonchev–Trinajstić information content (AvgIpc) is 2.30. The lowest BCUT2D eigenvalue weighted by atomic mass is 9.92. The lowest BCUT2D eigenvalue weighted by molar-refractivity contribution is -0.139. The summed E-state index contributed by atoms with van der Waals surface area (Å²) in [5, 5.41) is 0. The van der Waals surface area contributed by atoms with Gasteiger partial charge in [0.25, 0.3) is 0 Å². The van der Waals surface area contributed by atoms with Gasteiger partial charge in [0.1, 0.15) is 0 Å². The maximum absolute atomic E-state index is 12.4. The van der Waals surface area contributed by atoms with Crippen molar-refractivity contribution in [3.63, 3.8) is 0 Å². The smallest absolute Gasteiger partial charge is 0.223 e. The number of carbonyl (C=O) groups excluding carboxylic acids is 1. The van der Waals surface area contributed by atoms with Gasteiger partial charge >= 0.3 is 0 Å². The van der Waals surface area contributed by atoms with Crippen LogP contribution in [-0.4, -0.2) is 36.1 Å². The Hall–Kier alpha value is -0.570. The molecule has 2 atom stereocenters. The zero-order valence-electron chi connectivity index (χ0n) is 11.2. The van der Waals surface area contributed by atoms with Crippen molar-refractivity contribution in [1.82, 2.24) is 4.90 Å². The van der Waals surface area contributed by atoms with Gasteiger partial charge in [-0.1, -0.05) is 0 Å². The van der Waals surface area contributed by atoms with Crippen molar-refractivity contribution in [1.29, 1.82) is 0 Å². The molecule has 98 valence electrons. The molecule has 17 heavy (non-hydrogen) atoms. The molecule has 3 heteroatoms. The van der Waals surface area contributed by atoms with Crippen LogP contribution in [0.1, 0.15) is 52.4 Å². The van der Waals surface area contributed by atoms with Crippen molar-refractivity contribution in [3.8, 4) is 0 Å². The Balaban J connectivity index is 1.88. The zero-order chi connectivity index (χ0) is 12.3. The van der Waals surface area contributed by atoms with Gasteiger partial charge < -0.3 is 9.64 Å². The van der Waals surface area contributed by atoms with Crippen molar-refractivity contribution >= 4 is 5.91 Å². The minimum atomic E-state index is 0.372. The third-order valence-electron chi connectivity index (χ3n) is 4.29. The molecule has 1 amide bonds. The van der Waals surface area contributed by atoms with E-state index in [1.54, 1.807) is 0 Å². The van der Waals surface area contributed by atoms with Crippen molar-refractivity contribution in [3.05, 3.63) is 0 Å². The number of hydrogen-bond donors (Lipinski definition) is 0. The molecule has 2 aliphatic heterocycles. The molecule has 0 aromatic rings. The molecule has 2 rings (SSSR count). The molecule has 3 nitrogen and oxygen atoms in total. The Bertz CT molecular complexity index is 251. The summed E-state index contributed by atoms with van der Waals surface area (Å²) in [6.07, 6.45) is 6.46. The first kappa shape index (κ1) is 12.9. The zero-order valence-corrected chi connectivity index (χ0v) is 11.2. The Labute approximate surface area is 105 Å². The van der Waals surface area contributed by atoms with E-state index < -0.39 is 0 Å². The van der Waals surface area contributed by atoms with Gasteiger partial charge in [-0.25, -0.2) is 0 Å². The van der Waals surface area contributed by atoms with Gasteiger partial charge in [-0.2, -0.15) is 0 Å². The molecule has 0 aromatic heterocycles. The van der Waals surface area contributed by atoms with E-state index in [1.165, 1.54) is 19.3 Å². The lowest BCUT2D eigenvalue weighted by Crippen LogP contribution is -2.48. The van der Waals surface area contributed by atoms with Crippen LogP contribution in [0.2, 0.25) is 0 Å². The van der Waals surface area contributed by atoms with E-state index in [4.69, 9.17) is 4.74 Å². The Kier molecular flexibility index (Phi) is 4.43. The summed E-state index contributed by atoms with van der Waals surface area (Å²) in [6.45, 7) is 6.06. The van der Waals surface area contributed by atoms with Gasteiger partial charge in [0.15, 0.2) is 0 Å². The Morgan fingerprint density at radius 2 is 1.71 bits per heavy atom. The first-order valence-electron chi connectivity index (χ1n) is 7.07. The second kappa shape index (κ2) is 5.85. The fraction of sp³-hybridized carbons (Fsp3) is 0.929. The number of hydrogen-bond acceptors (Lipinski definition) is 2. The summed E-state index contributed by atoms with van der Waals surface area (Å²) in [4.78, 5) is 14.5. The quantitative estimate of drug-likeness (QED) is 0.741. The summed E-state index contributed by atoms with van der Waals surface area (Å²) in [6, 6.07) is 0.872. The number of amides is 1. The molecule has 0 aromatic carbocycles. The standard InChI is InChI=1S/C14H25NO2/c1-11-4-3-5-12(2)15(11)14(16)10-13-6-8-17-9-7-13/h11-13H,3-10H2,1-2H3. The van der Waals surface area contributed by atoms with E-state index in [2.05, 4.69) is 18.7 Å². The van der Waals surface area contributed by atoms with Gasteiger partial charge in [-0.3, -0.25) is 4.79 Å². The summed E-state index contributed by atoms with van der Waals surface area (Å²) in [5.41, 5.74) is 0. The summed E-state index contributed by atoms with van der Waals surface area (Å²) in [5.74, 6) is 0.925. The van der Waals surface area contributed by atoms with Crippen molar-refractivity contribution in [2.75, 3.05) is 13.2 Å². The Morgan fingerprint density at radius 3 is 2.29 bits per heavy atom. The topological polar surface area (TPSA) is 29.5 Å². The van der Waals surface area contributed by atoms with Crippen LogP contribution < -0.4 is 0 Å². The third-order valence-corrected chi connectivity index (χ3v) is 4.29. The summed E-state index contributed by atoms with van der Waals surface area (Å²) < 4.78 is 5.34. The van der Waals surface area contributed by atoms with Crippen LogP contribution >= 0.6 is 0 Å². The highest BCUT2D eigenvalue weighted by Gasteiger charge is 2.30. The van der Waals surface area contributed by atoms with E-state index in [9.17, 15) is 4.79 Å². The fourth-order valence-corrected chi connectivity index (χ4v) is 3.22. The number of ether oxygens (including phenoxy) is 1. The molecule has 2 heterocycles. The first-order valence-corrected chi connectivity index (χ1v) is 7.07. The number of rotatable bonds is 2. The van der Waals surface area contributed by atoms with Gasteiger partial charge in [-0.05, 0) is 51.9 Å². The normalized spacial score (nSPS) is 31.5. The molecular weight excluding hydrogens is 214 g/mol. The van der Waals surface area contributed by atoms with E-state index in [0.717, 1.165) is 32.5 Å². The summed E-state index contributed by atoms with van der Waals surface area (Å²) >= 11 is 0. The molecule has 2 aliphatic rings. The van der Waals surface area contributed by atoms with E-state index in [0.29, 0.717) is 23.9 Å². The van der Waals surface area contributed by atoms with Crippen LogP contribution in [0.25, 0.3) is 0 Å². The average molecular weight is 239 g/mol. The molecule has 2 unspecified atom stereocenters. The Morgan fingerprint density at radius 1 is 1.12 bits per heavy atom. The molecule has 2 fully saturated rings. The number of piperidine rings is 1. The third kappa shape index (κ3) is 3.21. The monoisotopic (exact) mass is 239 g/mol. The second-order valence-corrected chi connectivity index (χ2v) is 5.69. The number of likely N-dealkylation sites (tertiary alicyclic amines) is 1. The first-order chi connectivity index (χ1) is 8.18. The molecule has 0 aliphatic carbocycles. The molecule has 0 N–H and O–H groups in total. The van der Waals surface area contributed by atoms with Crippen LogP contribution in [-0.2, 0) is 9.53 Å². The highest BCUT2D eigenvalue weighted by molar-refractivity contribution is 5.77. The maximum Gasteiger partial charge on any atom is 0.223 e. The van der Waals surface area contributed by atoms with Gasteiger partial charge in [0.2, 0.25) is 5.91 Å². The maximum atomic E-state index is 12.4. The van der Waals surface area contributed by atoms with Crippen LogP contribution in [0.15, 0.2) is 0 Å². The van der Waals surface area contributed by atoms with Crippen LogP contribution in [0, 0.1) is 5.92 Å². The van der Waals surface area contributed by atoms with E-state index in [-0.39, 0.29) is 0 Å². The minimum Gasteiger partial charge on any atom is -0.381 e. The van der Waals surface area contributed by atoms with Gasteiger partial charge in [0.05, 0.1) is 0 Å². The second-order valence-electron chi connectivity index (χ2n) is 5.69. The minimum absolute atomic E-state index is 0.372. The SMILES string of the molecule is CC1CCCC(C)N1C(=O)CC1CCOCC1. The predicted molar refractivity (Wildman–Crippen MR) is 67.8 cm³/mol. The summed E-state index contributed by atoms with van der Waals surface area (Å²) in [7, 11) is 0. The van der Waals surface area contributed by atoms with Crippen LogP contribution in [0.4, 0.5) is 0 Å². The molecular formula is C14H25NO2. The van der Waals surface area contributed by atoms with Crippen LogP contribution in [0.5, 0.6) is 0 Å². The largest absolute Gasteiger partial charge is 0.381 e. The number of nitrogens with zero attached hydrogens (tertiary/aromatic N) is 1. The van der Waals surface area contributed by atoms with Gasteiger partial charge in [-0.15, -0.1) is 0 Å². The lowest BCUT2D eigenvalue weighted by Gasteiger charge is -2.40. The molecule has 0 bridgehead atoms. The highest BCUT2D eigenvalue weighted by Crippen LogP contribution is 2.26. The fourth-order valence-electron chi connectivity index (χ4n) is 3.22. The number of carbonyl (C=O) groups is 1. The van der Waals surface area contributed by atoms with E-state index >= 15 is 0 Å². The molecule has 0 radical (unpaired) electrons. The van der Waals surface area contributed by atoms with Crippen LogP contribution in [0.3, 0.4) is 0 Å². The highest BCUT2D eigenvalue weighted by atomic mass is 16.5.